The Balaban J connectivity index is 4.17. The zero-order valence-corrected chi connectivity index (χ0v) is 9.64. The lowest BCUT2D eigenvalue weighted by Crippen LogP contribution is -2.40. The molecule has 0 aromatic heterocycles. The highest BCUT2D eigenvalue weighted by Gasteiger charge is 2.21. The molecule has 1 amide bonds. The van der Waals surface area contributed by atoms with E-state index in [4.69, 9.17) is 5.11 Å². The molecule has 0 aromatic rings. The highest BCUT2D eigenvalue weighted by molar-refractivity contribution is 5.76. The zero-order chi connectivity index (χ0) is 11.8. The molecule has 0 aromatic carbocycles. The monoisotopic (exact) mass is 216 g/mol. The van der Waals surface area contributed by atoms with Gasteiger partial charge >= 0.3 is 5.97 Å². The molecule has 0 bridgehead atoms. The average molecular weight is 216 g/mol. The second-order valence-corrected chi connectivity index (χ2v) is 3.44. The summed E-state index contributed by atoms with van der Waals surface area (Å²) in [4.78, 5) is 24.7. The van der Waals surface area contributed by atoms with Gasteiger partial charge in [-0.15, -0.1) is 0 Å². The zero-order valence-electron chi connectivity index (χ0n) is 9.64. The van der Waals surface area contributed by atoms with E-state index in [2.05, 4.69) is 4.90 Å². The third-order valence-corrected chi connectivity index (χ3v) is 2.56. The van der Waals surface area contributed by atoms with Crippen LogP contribution in [0, 0.1) is 0 Å². The minimum atomic E-state index is -0.947. The number of hydrogen-bond donors (Lipinski definition) is 1. The summed E-state index contributed by atoms with van der Waals surface area (Å²) in [6.07, 6.45) is 1.02. The Morgan fingerprint density at radius 3 is 2.27 bits per heavy atom. The molecule has 5 nitrogen and oxygen atoms in total. The maximum atomic E-state index is 10.9. The van der Waals surface area contributed by atoms with Crippen molar-refractivity contribution in [3.8, 4) is 0 Å². The molecular weight excluding hydrogens is 196 g/mol. The number of carboxylic acid groups (broad SMARTS) is 1. The summed E-state index contributed by atoms with van der Waals surface area (Å²) in [6, 6.07) is -0.719. The summed E-state index contributed by atoms with van der Waals surface area (Å²) >= 11 is 0. The van der Waals surface area contributed by atoms with E-state index in [1.807, 2.05) is 13.8 Å². The molecule has 0 fully saturated rings. The second-order valence-electron chi connectivity index (χ2n) is 3.44. The van der Waals surface area contributed by atoms with Crippen molar-refractivity contribution in [2.45, 2.75) is 26.3 Å². The van der Waals surface area contributed by atoms with Crippen molar-refractivity contribution in [2.24, 2.45) is 0 Å². The summed E-state index contributed by atoms with van der Waals surface area (Å²) in [6.45, 7) is 6.55. The van der Waals surface area contributed by atoms with Gasteiger partial charge in [0, 0.05) is 13.6 Å². The number of hydrogen-bond acceptors (Lipinski definition) is 3. The van der Waals surface area contributed by atoms with E-state index in [9.17, 15) is 9.59 Å². The van der Waals surface area contributed by atoms with E-state index in [0.29, 0.717) is 19.4 Å². The predicted octanol–water partition coefficient (Wildman–Crippen LogP) is 0.260. The maximum absolute atomic E-state index is 10.9. The van der Waals surface area contributed by atoms with Gasteiger partial charge in [-0.3, -0.25) is 4.79 Å². The van der Waals surface area contributed by atoms with Crippen LogP contribution in [0.15, 0.2) is 0 Å². The topological polar surface area (TPSA) is 60.9 Å². The molecule has 15 heavy (non-hydrogen) atoms. The number of nitrogens with zero attached hydrogens (tertiary/aromatic N) is 2. The molecule has 0 saturated heterocycles. The van der Waals surface area contributed by atoms with Crippen molar-refractivity contribution < 1.29 is 14.7 Å². The van der Waals surface area contributed by atoms with Crippen molar-refractivity contribution >= 4 is 12.4 Å². The number of likely N-dealkylation sites (N-methyl/N-ethyl adjacent to an activating group) is 1. The van der Waals surface area contributed by atoms with Crippen molar-refractivity contribution in [2.75, 3.05) is 26.7 Å². The molecule has 1 N–H and O–H groups in total. The molecule has 1 atom stereocenters. The van der Waals surface area contributed by atoms with Gasteiger partial charge in [0.1, 0.15) is 6.04 Å². The number of carboxylic acids is 1. The van der Waals surface area contributed by atoms with Crippen LogP contribution in [0.2, 0.25) is 0 Å². The Labute approximate surface area is 90.7 Å². The molecule has 0 rings (SSSR count). The molecule has 0 aliphatic heterocycles. The van der Waals surface area contributed by atoms with Crippen LogP contribution in [0.25, 0.3) is 0 Å². The standard InChI is InChI=1S/C10H20N2O3/c1-4-12(5-2)7-6-9(10(14)15)11(3)8-13/h8-9H,4-7H2,1-3H3,(H,14,15)/t9-/m1/s1. The van der Waals surface area contributed by atoms with E-state index < -0.39 is 12.0 Å². The first-order chi connectivity index (χ1) is 7.06. The first-order valence-electron chi connectivity index (χ1n) is 5.19. The fourth-order valence-corrected chi connectivity index (χ4v) is 1.42. The third kappa shape index (κ3) is 4.78. The Kier molecular flexibility index (Phi) is 6.70. The van der Waals surface area contributed by atoms with Gasteiger partial charge in [-0.2, -0.15) is 0 Å². The summed E-state index contributed by atoms with van der Waals surface area (Å²) in [5, 5.41) is 8.91. The van der Waals surface area contributed by atoms with Crippen molar-refractivity contribution in [3.63, 3.8) is 0 Å². The average Bonchev–Trinajstić information content (AvgIpc) is 2.23. The summed E-state index contributed by atoms with van der Waals surface area (Å²) in [5.41, 5.74) is 0. The van der Waals surface area contributed by atoms with Crippen LogP contribution in [-0.4, -0.2) is 60.0 Å². The summed E-state index contributed by atoms with van der Waals surface area (Å²) < 4.78 is 0. The Hall–Kier alpha value is -1.10. The number of carbonyl (C=O) groups is 2. The Morgan fingerprint density at radius 2 is 1.93 bits per heavy atom. The lowest BCUT2D eigenvalue weighted by Gasteiger charge is -2.24. The number of carbonyl (C=O) groups excluding carboxylic acids is 1. The smallest absolute Gasteiger partial charge is 0.326 e. The van der Waals surface area contributed by atoms with Gasteiger partial charge in [0.05, 0.1) is 0 Å². The molecule has 88 valence electrons. The van der Waals surface area contributed by atoms with Crippen LogP contribution in [-0.2, 0) is 9.59 Å². The van der Waals surface area contributed by atoms with Gasteiger partial charge in [-0.25, -0.2) is 4.79 Å². The van der Waals surface area contributed by atoms with Crippen LogP contribution in [0.4, 0.5) is 0 Å². The molecule has 0 saturated carbocycles. The highest BCUT2D eigenvalue weighted by Crippen LogP contribution is 2.02. The van der Waals surface area contributed by atoms with E-state index in [0.717, 1.165) is 13.1 Å². The molecule has 0 aliphatic rings. The van der Waals surface area contributed by atoms with Gasteiger partial charge in [-0.05, 0) is 19.5 Å². The SMILES string of the molecule is CCN(CC)CC[C@H](C(=O)O)N(C)C=O. The molecule has 0 unspecified atom stereocenters. The fraction of sp³-hybridized carbons (Fsp3) is 0.800. The highest BCUT2D eigenvalue weighted by atomic mass is 16.4. The minimum Gasteiger partial charge on any atom is -0.480 e. The summed E-state index contributed by atoms with van der Waals surface area (Å²) in [5.74, 6) is -0.947. The molecule has 0 heterocycles. The fourth-order valence-electron chi connectivity index (χ4n) is 1.42. The van der Waals surface area contributed by atoms with Gasteiger partial charge in [0.25, 0.3) is 0 Å². The van der Waals surface area contributed by atoms with Crippen LogP contribution in [0.3, 0.4) is 0 Å². The van der Waals surface area contributed by atoms with E-state index in [-0.39, 0.29) is 0 Å². The van der Waals surface area contributed by atoms with Crippen LogP contribution in [0.5, 0.6) is 0 Å². The van der Waals surface area contributed by atoms with Crippen LogP contribution >= 0.6 is 0 Å². The predicted molar refractivity (Wildman–Crippen MR) is 57.7 cm³/mol. The maximum Gasteiger partial charge on any atom is 0.326 e. The third-order valence-electron chi connectivity index (χ3n) is 2.56. The van der Waals surface area contributed by atoms with Gasteiger partial charge in [0.2, 0.25) is 6.41 Å². The number of rotatable bonds is 8. The summed E-state index contributed by atoms with van der Waals surface area (Å²) in [7, 11) is 1.49. The van der Waals surface area contributed by atoms with Crippen molar-refractivity contribution in [3.05, 3.63) is 0 Å². The molecule has 5 heteroatoms. The van der Waals surface area contributed by atoms with Gasteiger partial charge < -0.3 is 14.9 Å². The number of amides is 1. The molecule has 0 aliphatic carbocycles. The molecule has 0 spiro atoms. The molecule has 0 radical (unpaired) electrons. The van der Waals surface area contributed by atoms with E-state index in [1.165, 1.54) is 11.9 Å². The van der Waals surface area contributed by atoms with Gasteiger partial charge in [0.15, 0.2) is 0 Å². The largest absolute Gasteiger partial charge is 0.480 e. The van der Waals surface area contributed by atoms with E-state index >= 15 is 0 Å². The van der Waals surface area contributed by atoms with Crippen molar-refractivity contribution in [1.82, 2.24) is 9.80 Å². The van der Waals surface area contributed by atoms with Gasteiger partial charge in [-0.1, -0.05) is 13.8 Å². The first kappa shape index (κ1) is 13.9. The quantitative estimate of drug-likeness (QED) is 0.591. The minimum absolute atomic E-state index is 0.465. The first-order valence-corrected chi connectivity index (χ1v) is 5.19. The Bertz CT molecular complexity index is 205. The lowest BCUT2D eigenvalue weighted by molar-refractivity contribution is -0.145. The Morgan fingerprint density at radius 1 is 1.40 bits per heavy atom. The van der Waals surface area contributed by atoms with E-state index in [1.54, 1.807) is 0 Å². The lowest BCUT2D eigenvalue weighted by atomic mass is 10.2. The number of aliphatic carboxylic acids is 1. The second kappa shape index (κ2) is 7.23. The van der Waals surface area contributed by atoms with Crippen LogP contribution < -0.4 is 0 Å². The molecular formula is C10H20N2O3. The van der Waals surface area contributed by atoms with Crippen molar-refractivity contribution in [1.29, 1.82) is 0 Å². The normalized spacial score (nSPS) is 12.5. The van der Waals surface area contributed by atoms with Crippen LogP contribution in [0.1, 0.15) is 20.3 Å².